The number of fused-ring (bicyclic) bond motifs is 1. The van der Waals surface area contributed by atoms with Crippen LogP contribution >= 0.6 is 0 Å². The maximum Gasteiger partial charge on any atom is 0.233 e. The number of aryl methyl sites for hydroxylation is 2. The molecule has 6 heteroatoms. The minimum Gasteiger partial charge on any atom is -0.312 e. The van der Waals surface area contributed by atoms with E-state index >= 15 is 0 Å². The van der Waals surface area contributed by atoms with Crippen molar-refractivity contribution in [1.82, 2.24) is 0 Å². The molecule has 0 saturated heterocycles. The second-order valence-corrected chi connectivity index (χ2v) is 9.21. The van der Waals surface area contributed by atoms with Gasteiger partial charge in [-0.15, -0.1) is 0 Å². The molecule has 142 valence electrons. The first-order valence-corrected chi connectivity index (χ1v) is 11.2. The Morgan fingerprint density at radius 1 is 1.11 bits per heavy atom. The van der Waals surface area contributed by atoms with Crippen LogP contribution in [0.2, 0.25) is 0 Å². The molecule has 0 spiro atoms. The fourth-order valence-corrected chi connectivity index (χ4v) is 4.66. The van der Waals surface area contributed by atoms with Crippen molar-refractivity contribution >= 4 is 27.3 Å². The molecule has 1 aliphatic carbocycles. The molecular formula is C21H24N2O3S. The highest BCUT2D eigenvalue weighted by molar-refractivity contribution is 7.92. The van der Waals surface area contributed by atoms with Gasteiger partial charge in [0.1, 0.15) is 0 Å². The Bertz CT molecular complexity index is 937. The van der Waals surface area contributed by atoms with Crippen LogP contribution in [0.25, 0.3) is 0 Å². The smallest absolute Gasteiger partial charge is 0.233 e. The molecule has 1 saturated carbocycles. The molecule has 1 aliphatic heterocycles. The summed E-state index contributed by atoms with van der Waals surface area (Å²) in [6.07, 6.45) is 4.23. The highest BCUT2D eigenvalue weighted by Crippen LogP contribution is 2.36. The minimum atomic E-state index is -3.42. The Labute approximate surface area is 160 Å². The topological polar surface area (TPSA) is 66.5 Å². The molecule has 1 heterocycles. The lowest BCUT2D eigenvalue weighted by Gasteiger charge is -2.30. The molecular weight excluding hydrogens is 360 g/mol. The molecule has 1 N–H and O–H groups in total. The third kappa shape index (κ3) is 4.33. The average molecular weight is 385 g/mol. The summed E-state index contributed by atoms with van der Waals surface area (Å²) in [7, 11) is -3.42. The van der Waals surface area contributed by atoms with Crippen LogP contribution in [0.5, 0.6) is 0 Å². The zero-order valence-electron chi connectivity index (χ0n) is 15.2. The standard InChI is InChI=1S/C21H24N2O3S/c24-21(17-8-9-17)23-13-4-7-18-15-19(10-11-20(18)23)22-27(25,26)14-12-16-5-2-1-3-6-16/h1-3,5-6,10-11,15,17,22H,4,7-9,12-14H2. The quantitative estimate of drug-likeness (QED) is 0.830. The molecule has 2 aromatic rings. The zero-order chi connectivity index (χ0) is 18.9. The summed E-state index contributed by atoms with van der Waals surface area (Å²) in [5.41, 5.74) is 3.55. The van der Waals surface area contributed by atoms with Gasteiger partial charge in [-0.2, -0.15) is 0 Å². The lowest BCUT2D eigenvalue weighted by Crippen LogP contribution is -2.36. The highest BCUT2D eigenvalue weighted by atomic mass is 32.2. The molecule has 0 unspecified atom stereocenters. The number of anilines is 2. The van der Waals surface area contributed by atoms with Crippen LogP contribution in [0.4, 0.5) is 11.4 Å². The van der Waals surface area contributed by atoms with E-state index in [4.69, 9.17) is 0 Å². The predicted octanol–water partition coefficient (Wildman–Crippen LogP) is 3.36. The van der Waals surface area contributed by atoms with Crippen molar-refractivity contribution < 1.29 is 13.2 Å². The summed E-state index contributed by atoms with van der Waals surface area (Å²) in [4.78, 5) is 14.4. The van der Waals surface area contributed by atoms with Gasteiger partial charge in [-0.3, -0.25) is 9.52 Å². The number of sulfonamides is 1. The summed E-state index contributed by atoms with van der Waals surface area (Å²) >= 11 is 0. The van der Waals surface area contributed by atoms with E-state index in [2.05, 4.69) is 4.72 Å². The van der Waals surface area contributed by atoms with Crippen molar-refractivity contribution in [2.45, 2.75) is 32.1 Å². The van der Waals surface area contributed by atoms with Gasteiger partial charge in [-0.05, 0) is 61.4 Å². The predicted molar refractivity (Wildman–Crippen MR) is 107 cm³/mol. The largest absolute Gasteiger partial charge is 0.312 e. The first-order chi connectivity index (χ1) is 13.0. The molecule has 2 aliphatic rings. The first-order valence-electron chi connectivity index (χ1n) is 9.50. The van der Waals surface area contributed by atoms with Gasteiger partial charge in [-0.25, -0.2) is 8.42 Å². The number of carbonyl (C=O) groups excluding carboxylic acids is 1. The van der Waals surface area contributed by atoms with E-state index < -0.39 is 10.0 Å². The van der Waals surface area contributed by atoms with Crippen molar-refractivity contribution in [1.29, 1.82) is 0 Å². The van der Waals surface area contributed by atoms with Crippen LogP contribution in [0.15, 0.2) is 48.5 Å². The van der Waals surface area contributed by atoms with Crippen LogP contribution in [0.1, 0.15) is 30.4 Å². The summed E-state index contributed by atoms with van der Waals surface area (Å²) in [6, 6.07) is 15.1. The fourth-order valence-electron chi connectivity index (χ4n) is 3.57. The van der Waals surface area contributed by atoms with E-state index in [0.29, 0.717) is 12.1 Å². The Hall–Kier alpha value is -2.34. The molecule has 0 radical (unpaired) electrons. The van der Waals surface area contributed by atoms with Gasteiger partial charge in [0.2, 0.25) is 15.9 Å². The van der Waals surface area contributed by atoms with Crippen LogP contribution in [0, 0.1) is 5.92 Å². The van der Waals surface area contributed by atoms with E-state index in [1.807, 2.05) is 47.4 Å². The van der Waals surface area contributed by atoms with Gasteiger partial charge in [0.05, 0.1) is 5.75 Å². The van der Waals surface area contributed by atoms with Gasteiger partial charge in [-0.1, -0.05) is 30.3 Å². The van der Waals surface area contributed by atoms with Crippen molar-refractivity contribution in [2.75, 3.05) is 21.9 Å². The van der Waals surface area contributed by atoms with Crippen molar-refractivity contribution in [3.8, 4) is 0 Å². The van der Waals surface area contributed by atoms with Crippen molar-refractivity contribution in [3.63, 3.8) is 0 Å². The summed E-state index contributed by atoms with van der Waals surface area (Å²) in [5, 5.41) is 0. The number of carbonyl (C=O) groups is 1. The number of hydrogen-bond donors (Lipinski definition) is 1. The zero-order valence-corrected chi connectivity index (χ0v) is 16.0. The Balaban J connectivity index is 1.46. The van der Waals surface area contributed by atoms with Crippen LogP contribution in [0.3, 0.4) is 0 Å². The van der Waals surface area contributed by atoms with Crippen LogP contribution in [-0.4, -0.2) is 26.6 Å². The van der Waals surface area contributed by atoms with Crippen molar-refractivity contribution in [2.24, 2.45) is 5.92 Å². The normalized spacial score (nSPS) is 16.7. The fraction of sp³-hybridized carbons (Fsp3) is 0.381. The molecule has 27 heavy (non-hydrogen) atoms. The lowest BCUT2D eigenvalue weighted by atomic mass is 10.0. The molecule has 1 amide bonds. The minimum absolute atomic E-state index is 0.0421. The maximum absolute atomic E-state index is 12.5. The molecule has 4 rings (SSSR count). The molecule has 0 atom stereocenters. The van der Waals surface area contributed by atoms with E-state index in [9.17, 15) is 13.2 Å². The summed E-state index contributed by atoms with van der Waals surface area (Å²) in [6.45, 7) is 0.754. The second kappa shape index (κ2) is 7.35. The molecule has 0 aromatic heterocycles. The highest BCUT2D eigenvalue weighted by Gasteiger charge is 2.35. The average Bonchev–Trinajstić information content (AvgIpc) is 3.51. The maximum atomic E-state index is 12.5. The molecule has 2 aromatic carbocycles. The van der Waals surface area contributed by atoms with E-state index in [1.54, 1.807) is 6.07 Å². The van der Waals surface area contributed by atoms with Gasteiger partial charge in [0.15, 0.2) is 0 Å². The molecule has 1 fully saturated rings. The van der Waals surface area contributed by atoms with Gasteiger partial charge < -0.3 is 4.90 Å². The number of nitrogens with one attached hydrogen (secondary N) is 1. The number of hydrogen-bond acceptors (Lipinski definition) is 3. The third-order valence-corrected chi connectivity index (χ3v) is 6.45. The summed E-state index contributed by atoms with van der Waals surface area (Å²) in [5.74, 6) is 0.444. The Morgan fingerprint density at radius 3 is 2.63 bits per heavy atom. The van der Waals surface area contributed by atoms with Gasteiger partial charge >= 0.3 is 0 Å². The Kier molecular flexibility index (Phi) is 4.91. The molecule has 0 bridgehead atoms. The van der Waals surface area contributed by atoms with Gasteiger partial charge in [0, 0.05) is 23.8 Å². The number of benzene rings is 2. The van der Waals surface area contributed by atoms with Crippen LogP contribution < -0.4 is 9.62 Å². The van der Waals surface area contributed by atoms with E-state index in [0.717, 1.165) is 49.0 Å². The summed E-state index contributed by atoms with van der Waals surface area (Å²) < 4.78 is 27.6. The Morgan fingerprint density at radius 2 is 1.89 bits per heavy atom. The second-order valence-electron chi connectivity index (χ2n) is 7.37. The first kappa shape index (κ1) is 18.0. The third-order valence-electron chi connectivity index (χ3n) is 5.17. The monoisotopic (exact) mass is 384 g/mol. The SMILES string of the molecule is O=C(C1CC1)N1CCCc2cc(NS(=O)(=O)CCc3ccccc3)ccc21. The molecule has 5 nitrogen and oxygen atoms in total. The van der Waals surface area contributed by atoms with Crippen molar-refractivity contribution in [3.05, 3.63) is 59.7 Å². The number of nitrogens with zero attached hydrogens (tertiary/aromatic N) is 1. The lowest BCUT2D eigenvalue weighted by molar-refractivity contribution is -0.119. The number of amides is 1. The van der Waals surface area contributed by atoms with Crippen LogP contribution in [-0.2, 0) is 27.7 Å². The van der Waals surface area contributed by atoms with E-state index in [1.165, 1.54) is 0 Å². The van der Waals surface area contributed by atoms with Gasteiger partial charge in [0.25, 0.3) is 0 Å². The van der Waals surface area contributed by atoms with E-state index in [-0.39, 0.29) is 17.6 Å². The number of rotatable bonds is 6.